The van der Waals surface area contributed by atoms with Gasteiger partial charge in [-0.2, -0.15) is 0 Å². The third-order valence-electron chi connectivity index (χ3n) is 10.1. The lowest BCUT2D eigenvalue weighted by Gasteiger charge is -2.42. The van der Waals surface area contributed by atoms with Gasteiger partial charge >= 0.3 is 33.2 Å². The monoisotopic (exact) mass is 605 g/mol. The maximum atomic E-state index is 13.0. The van der Waals surface area contributed by atoms with Crippen molar-refractivity contribution in [3.63, 3.8) is 0 Å². The summed E-state index contributed by atoms with van der Waals surface area (Å²) >= 11 is 0. The fourth-order valence-electron chi connectivity index (χ4n) is 5.70. The lowest BCUT2D eigenvalue weighted by molar-refractivity contribution is -0.144. The number of ether oxygens (including phenoxy) is 2. The molecule has 4 rings (SSSR count). The van der Waals surface area contributed by atoms with Crippen molar-refractivity contribution in [1.82, 2.24) is 4.90 Å². The highest BCUT2D eigenvalue weighted by Gasteiger charge is 2.65. The predicted octanol–water partition coefficient (Wildman–Crippen LogP) is 4.34. The van der Waals surface area contributed by atoms with Gasteiger partial charge in [-0.25, -0.2) is 9.59 Å². The van der Waals surface area contributed by atoms with E-state index in [1.165, 1.54) is 12.0 Å². The average Bonchev–Trinajstić information content (AvgIpc) is 3.51. The second kappa shape index (κ2) is 10.8. The van der Waals surface area contributed by atoms with E-state index in [0.29, 0.717) is 18.3 Å². The van der Waals surface area contributed by atoms with E-state index in [-0.39, 0.29) is 6.54 Å². The first-order valence-electron chi connectivity index (χ1n) is 15.2. The highest BCUT2D eigenvalue weighted by atomic mass is 16.7. The van der Waals surface area contributed by atoms with Crippen molar-refractivity contribution >= 4 is 33.2 Å². The molecular formula is C29H50B3NO10. The summed E-state index contributed by atoms with van der Waals surface area (Å²) in [5.74, 6) is -0.564. The third kappa shape index (κ3) is 6.29. The summed E-state index contributed by atoms with van der Waals surface area (Å²) < 4.78 is 49.0. The molecule has 0 saturated carbocycles. The molecule has 0 aromatic carbocycles. The van der Waals surface area contributed by atoms with Crippen LogP contribution < -0.4 is 0 Å². The number of carbonyl (C=O) groups is 2. The average molecular weight is 605 g/mol. The van der Waals surface area contributed by atoms with Gasteiger partial charge in [-0.3, -0.25) is 4.90 Å². The maximum Gasteiger partial charge on any atom is 0.492 e. The topological polar surface area (TPSA) is 111 Å². The molecular weight excluding hydrogens is 555 g/mol. The van der Waals surface area contributed by atoms with E-state index in [1.807, 2.05) is 69.2 Å². The van der Waals surface area contributed by atoms with Crippen LogP contribution >= 0.6 is 0 Å². The summed E-state index contributed by atoms with van der Waals surface area (Å²) in [6.45, 7) is 25.5. The highest BCUT2D eigenvalue weighted by Crippen LogP contribution is 2.49. The largest absolute Gasteiger partial charge is 0.492 e. The minimum atomic E-state index is -0.937. The van der Waals surface area contributed by atoms with Gasteiger partial charge in [0.2, 0.25) is 0 Å². The summed E-state index contributed by atoms with van der Waals surface area (Å²) in [6, 6.07) is -0.937. The van der Waals surface area contributed by atoms with Gasteiger partial charge in [0.25, 0.3) is 0 Å². The molecule has 3 atom stereocenters. The Morgan fingerprint density at radius 1 is 0.791 bits per heavy atom. The van der Waals surface area contributed by atoms with Gasteiger partial charge in [-0.15, -0.1) is 0 Å². The van der Waals surface area contributed by atoms with Gasteiger partial charge in [-0.1, -0.05) is 6.08 Å². The third-order valence-corrected chi connectivity index (χ3v) is 10.1. The number of rotatable bonds is 6. The molecule has 14 heteroatoms. The molecule has 11 nitrogen and oxygen atoms in total. The number of amides is 1. The smallest absolute Gasteiger partial charge is 0.467 e. The van der Waals surface area contributed by atoms with Crippen molar-refractivity contribution in [3.05, 3.63) is 11.5 Å². The Labute approximate surface area is 258 Å². The molecule has 240 valence electrons. The van der Waals surface area contributed by atoms with Crippen molar-refractivity contribution in [3.8, 4) is 0 Å². The van der Waals surface area contributed by atoms with Crippen molar-refractivity contribution in [2.75, 3.05) is 13.7 Å². The van der Waals surface area contributed by atoms with E-state index in [2.05, 4.69) is 0 Å². The molecule has 4 heterocycles. The second-order valence-electron chi connectivity index (χ2n) is 15.6. The molecule has 0 spiro atoms. The summed E-state index contributed by atoms with van der Waals surface area (Å²) in [5.41, 5.74) is -3.84. The van der Waals surface area contributed by atoms with E-state index in [0.717, 1.165) is 0 Å². The molecule has 43 heavy (non-hydrogen) atoms. The Kier molecular flexibility index (Phi) is 8.59. The van der Waals surface area contributed by atoms with Crippen molar-refractivity contribution < 1.29 is 47.0 Å². The van der Waals surface area contributed by atoms with E-state index in [4.69, 9.17) is 37.4 Å². The molecule has 3 saturated heterocycles. The van der Waals surface area contributed by atoms with Crippen LogP contribution in [-0.4, -0.2) is 97.0 Å². The van der Waals surface area contributed by atoms with E-state index < -0.39 is 78.4 Å². The van der Waals surface area contributed by atoms with Gasteiger partial charge in [0.1, 0.15) is 5.60 Å². The minimum absolute atomic E-state index is 0.114. The molecule has 0 bridgehead atoms. The number of esters is 1. The number of hydrogen-bond acceptors (Lipinski definition) is 10. The van der Waals surface area contributed by atoms with Crippen LogP contribution in [0.25, 0.3) is 0 Å². The summed E-state index contributed by atoms with van der Waals surface area (Å²) in [6.07, 6.45) is 2.24. The zero-order valence-electron chi connectivity index (χ0n) is 28.5. The first kappa shape index (κ1) is 34.3. The summed E-state index contributed by atoms with van der Waals surface area (Å²) in [4.78, 5) is 26.9. The second-order valence-corrected chi connectivity index (χ2v) is 15.6. The standard InChI is InChI=1S/C29H50B3NO10/c1-23(2,3)37-22(35)33-18-19(17-20(33)21(34)36-14)30-38-26(8,9)28(12,42-30)15-16-29(13)27(10,11)41-32(43-29)31-39-24(4,5)25(6,7)40-31/h17,20H,15-16,18H2,1-14H3/t20-,28?,29?/m1/s1. The molecule has 3 fully saturated rings. The number of methoxy groups -OCH3 is 1. The van der Waals surface area contributed by atoms with Crippen LogP contribution in [0.2, 0.25) is 0 Å². The highest BCUT2D eigenvalue weighted by molar-refractivity contribution is 7.11. The van der Waals surface area contributed by atoms with E-state index >= 15 is 0 Å². The molecule has 1 amide bonds. The van der Waals surface area contributed by atoms with Gasteiger partial charge in [0.15, 0.2) is 6.04 Å². The lowest BCUT2D eigenvalue weighted by atomic mass is 9.49. The van der Waals surface area contributed by atoms with Crippen molar-refractivity contribution in [2.45, 2.75) is 148 Å². The molecule has 0 aliphatic carbocycles. The Bertz CT molecular complexity index is 1140. The minimum Gasteiger partial charge on any atom is -0.467 e. The number of hydrogen-bond donors (Lipinski definition) is 0. The maximum absolute atomic E-state index is 13.0. The molecule has 0 radical (unpaired) electrons. The Hall–Kier alpha value is -1.57. The first-order chi connectivity index (χ1) is 19.4. The first-order valence-corrected chi connectivity index (χ1v) is 15.2. The van der Waals surface area contributed by atoms with Crippen LogP contribution in [0.5, 0.6) is 0 Å². The van der Waals surface area contributed by atoms with Crippen LogP contribution in [0.3, 0.4) is 0 Å². The van der Waals surface area contributed by atoms with Gasteiger partial charge < -0.3 is 37.4 Å². The molecule has 2 unspecified atom stereocenters. The van der Waals surface area contributed by atoms with Crippen LogP contribution in [0.4, 0.5) is 4.79 Å². The molecule has 0 aromatic heterocycles. The molecule has 0 N–H and O–H groups in total. The Morgan fingerprint density at radius 3 is 1.77 bits per heavy atom. The van der Waals surface area contributed by atoms with Crippen LogP contribution in [0.1, 0.15) is 103 Å². The fourth-order valence-corrected chi connectivity index (χ4v) is 5.70. The normalized spacial score (nSPS) is 32.8. The molecule has 4 aliphatic heterocycles. The molecule has 4 aliphatic rings. The zero-order chi connectivity index (χ0) is 32.6. The Balaban J connectivity index is 1.47. The van der Waals surface area contributed by atoms with Crippen LogP contribution in [0.15, 0.2) is 11.5 Å². The fraction of sp³-hybridized carbons (Fsp3) is 0.862. The predicted molar refractivity (Wildman–Crippen MR) is 163 cm³/mol. The molecule has 0 aromatic rings. The quantitative estimate of drug-likeness (QED) is 0.321. The van der Waals surface area contributed by atoms with Crippen LogP contribution in [-0.2, 0) is 42.2 Å². The number of nitrogens with zero attached hydrogens (tertiary/aromatic N) is 1. The van der Waals surface area contributed by atoms with Crippen LogP contribution in [0, 0.1) is 0 Å². The summed E-state index contributed by atoms with van der Waals surface area (Å²) in [7, 11) is -0.816. The lowest BCUT2D eigenvalue weighted by Crippen LogP contribution is -2.50. The zero-order valence-corrected chi connectivity index (χ0v) is 28.5. The van der Waals surface area contributed by atoms with E-state index in [9.17, 15) is 9.59 Å². The SMILES string of the molecule is COC(=O)[C@H]1C=C(B2OC(C)(C)C(C)(CCC3(C)OB(B4OC(C)(C)C(C)(C)O4)OC3(C)C)O2)CN1C(=O)OC(C)(C)C. The van der Waals surface area contributed by atoms with Gasteiger partial charge in [0.05, 0.1) is 40.7 Å². The van der Waals surface area contributed by atoms with Crippen molar-refractivity contribution in [2.24, 2.45) is 0 Å². The number of carbonyl (C=O) groups excluding carboxylic acids is 2. The van der Waals surface area contributed by atoms with Gasteiger partial charge in [0, 0.05) is 6.54 Å². The summed E-state index contributed by atoms with van der Waals surface area (Å²) in [5, 5.41) is 0. The van der Waals surface area contributed by atoms with Crippen molar-refractivity contribution in [1.29, 1.82) is 0 Å². The van der Waals surface area contributed by atoms with E-state index in [1.54, 1.807) is 26.8 Å². The Morgan fingerprint density at radius 2 is 1.26 bits per heavy atom. The van der Waals surface area contributed by atoms with Gasteiger partial charge in [-0.05, 0) is 108 Å².